The highest BCUT2D eigenvalue weighted by Gasteiger charge is 2.27. The highest BCUT2D eigenvalue weighted by atomic mass is 16.5. The summed E-state index contributed by atoms with van der Waals surface area (Å²) in [6.45, 7) is 5.11. The van der Waals surface area contributed by atoms with Gasteiger partial charge in [0, 0.05) is 13.1 Å². The predicted molar refractivity (Wildman–Crippen MR) is 94.9 cm³/mol. The molecule has 1 aliphatic heterocycles. The molecule has 1 atom stereocenters. The molecule has 1 aromatic carbocycles. The molecule has 1 aliphatic rings. The van der Waals surface area contributed by atoms with E-state index in [1.165, 1.54) is 0 Å². The fraction of sp³-hybridized carbons (Fsp3) is 0.556. The maximum atomic E-state index is 12.6. The summed E-state index contributed by atoms with van der Waals surface area (Å²) in [5, 5.41) is 6.89. The molecule has 0 spiro atoms. The highest BCUT2D eigenvalue weighted by molar-refractivity contribution is 5.79. The van der Waals surface area contributed by atoms with E-state index < -0.39 is 0 Å². The van der Waals surface area contributed by atoms with Crippen LogP contribution in [0, 0.1) is 0 Å². The van der Waals surface area contributed by atoms with Gasteiger partial charge in [-0.15, -0.1) is 0 Å². The second-order valence-electron chi connectivity index (χ2n) is 5.94. The van der Waals surface area contributed by atoms with E-state index in [0.717, 1.165) is 17.9 Å². The van der Waals surface area contributed by atoms with Gasteiger partial charge in [-0.2, -0.15) is 0 Å². The molecular formula is C18H28N2O5. The molecular weight excluding hydrogens is 324 g/mol. The van der Waals surface area contributed by atoms with Crippen molar-refractivity contribution >= 4 is 12.4 Å². The van der Waals surface area contributed by atoms with Crippen LogP contribution in [0.4, 0.5) is 0 Å². The van der Waals surface area contributed by atoms with Crippen molar-refractivity contribution in [2.45, 2.75) is 19.4 Å². The summed E-state index contributed by atoms with van der Waals surface area (Å²) in [5.41, 5.74) is 1.02. The first-order valence-corrected chi connectivity index (χ1v) is 8.33. The maximum Gasteiger partial charge on any atom is 0.290 e. The van der Waals surface area contributed by atoms with Gasteiger partial charge in [-0.05, 0) is 38.7 Å². The number of nitrogens with zero attached hydrogens (tertiary/aromatic N) is 2. The molecule has 1 heterocycles. The Morgan fingerprint density at radius 3 is 2.60 bits per heavy atom. The molecule has 0 bridgehead atoms. The monoisotopic (exact) mass is 352 g/mol. The number of amides is 1. The van der Waals surface area contributed by atoms with Crippen LogP contribution in [0.25, 0.3) is 0 Å². The maximum absolute atomic E-state index is 12.6. The van der Waals surface area contributed by atoms with Gasteiger partial charge in [0.05, 0.1) is 32.3 Å². The highest BCUT2D eigenvalue weighted by Crippen LogP contribution is 2.15. The molecule has 1 unspecified atom stereocenters. The summed E-state index contributed by atoms with van der Waals surface area (Å²) < 4.78 is 10.9. The number of carbonyl (C=O) groups is 2. The first-order valence-electron chi connectivity index (χ1n) is 8.33. The van der Waals surface area contributed by atoms with Crippen LogP contribution in [-0.2, 0) is 20.7 Å². The Morgan fingerprint density at radius 2 is 2.04 bits per heavy atom. The summed E-state index contributed by atoms with van der Waals surface area (Å²) in [4.78, 5) is 25.0. The third-order valence-corrected chi connectivity index (χ3v) is 3.71. The molecule has 7 heteroatoms. The number of benzene rings is 1. The molecule has 0 aromatic heterocycles. The summed E-state index contributed by atoms with van der Waals surface area (Å²) in [5.74, 6) is 1.01. The van der Waals surface area contributed by atoms with Crippen LogP contribution in [0.5, 0.6) is 5.75 Å². The van der Waals surface area contributed by atoms with E-state index >= 15 is 0 Å². The fourth-order valence-electron chi connectivity index (χ4n) is 2.70. The molecule has 0 aliphatic carbocycles. The Hall–Kier alpha value is -2.12. The topological polar surface area (TPSA) is 79.3 Å². The summed E-state index contributed by atoms with van der Waals surface area (Å²) in [7, 11) is 4.04. The first kappa shape index (κ1) is 20.9. The van der Waals surface area contributed by atoms with Crippen molar-refractivity contribution in [1.82, 2.24) is 9.80 Å². The molecule has 0 saturated carbocycles. The molecule has 2 rings (SSSR count). The van der Waals surface area contributed by atoms with E-state index in [-0.39, 0.29) is 18.4 Å². The second-order valence-corrected chi connectivity index (χ2v) is 5.94. The number of hydrogen-bond acceptors (Lipinski definition) is 5. The van der Waals surface area contributed by atoms with E-state index in [9.17, 15) is 4.79 Å². The van der Waals surface area contributed by atoms with Crippen LogP contribution in [0.15, 0.2) is 24.3 Å². The zero-order valence-electron chi connectivity index (χ0n) is 15.2. The number of hydrogen-bond donors (Lipinski definition) is 1. The van der Waals surface area contributed by atoms with E-state index in [0.29, 0.717) is 32.8 Å². The van der Waals surface area contributed by atoms with Crippen LogP contribution in [0.1, 0.15) is 12.5 Å². The van der Waals surface area contributed by atoms with Crippen LogP contribution < -0.4 is 4.74 Å². The number of morpholine rings is 1. The minimum Gasteiger partial charge on any atom is -0.494 e. The van der Waals surface area contributed by atoms with Crippen molar-refractivity contribution in [1.29, 1.82) is 0 Å². The SMILES string of the molecule is CCOc1ccc(CC(=O)N2CCOCC2CN(C)C)cc1.O=CO. The van der Waals surface area contributed by atoms with Crippen LogP contribution >= 0.6 is 0 Å². The van der Waals surface area contributed by atoms with Crippen molar-refractivity contribution in [3.8, 4) is 5.75 Å². The summed E-state index contributed by atoms with van der Waals surface area (Å²) in [6.07, 6.45) is 0.427. The first-order chi connectivity index (χ1) is 12.0. The molecule has 140 valence electrons. The predicted octanol–water partition coefficient (Wildman–Crippen LogP) is 1.12. The Kier molecular flexibility index (Phi) is 9.57. The Morgan fingerprint density at radius 1 is 1.40 bits per heavy atom. The molecule has 25 heavy (non-hydrogen) atoms. The van der Waals surface area contributed by atoms with Crippen LogP contribution in [-0.4, -0.2) is 80.3 Å². The number of ether oxygens (including phenoxy) is 2. The van der Waals surface area contributed by atoms with Crippen molar-refractivity contribution in [2.75, 3.05) is 47.0 Å². The van der Waals surface area contributed by atoms with E-state index in [4.69, 9.17) is 19.4 Å². The largest absolute Gasteiger partial charge is 0.494 e. The molecule has 1 fully saturated rings. The minimum atomic E-state index is -0.250. The van der Waals surface area contributed by atoms with E-state index in [2.05, 4.69) is 4.90 Å². The number of rotatable bonds is 6. The van der Waals surface area contributed by atoms with Gasteiger partial charge in [0.25, 0.3) is 6.47 Å². The lowest BCUT2D eigenvalue weighted by molar-refractivity contribution is -0.139. The molecule has 7 nitrogen and oxygen atoms in total. The van der Waals surface area contributed by atoms with Gasteiger partial charge in [0.15, 0.2) is 0 Å². The third-order valence-electron chi connectivity index (χ3n) is 3.71. The molecule has 1 saturated heterocycles. The van der Waals surface area contributed by atoms with Gasteiger partial charge in [-0.1, -0.05) is 12.1 Å². The Labute approximate surface area is 149 Å². The second kappa shape index (κ2) is 11.4. The normalized spacial score (nSPS) is 16.8. The van der Waals surface area contributed by atoms with Crippen molar-refractivity contribution in [3.63, 3.8) is 0 Å². The molecule has 1 aromatic rings. The van der Waals surface area contributed by atoms with E-state index in [1.807, 2.05) is 50.2 Å². The fourth-order valence-corrected chi connectivity index (χ4v) is 2.70. The van der Waals surface area contributed by atoms with Gasteiger partial charge in [0.1, 0.15) is 5.75 Å². The van der Waals surface area contributed by atoms with Gasteiger partial charge < -0.3 is 24.4 Å². The van der Waals surface area contributed by atoms with E-state index in [1.54, 1.807) is 0 Å². The standard InChI is InChI=1S/C17H26N2O3.CH2O2/c1-4-22-16-7-5-14(6-8-16)11-17(20)19-9-10-21-13-15(19)12-18(2)3;2-1-3/h5-8,15H,4,9-13H2,1-3H3;1H,(H,2,3). The average molecular weight is 352 g/mol. The Balaban J connectivity index is 0.000000970. The lowest BCUT2D eigenvalue weighted by atomic mass is 10.1. The van der Waals surface area contributed by atoms with Gasteiger partial charge in [-0.3, -0.25) is 9.59 Å². The summed E-state index contributed by atoms with van der Waals surface area (Å²) in [6, 6.07) is 7.90. The van der Waals surface area contributed by atoms with Gasteiger partial charge in [-0.25, -0.2) is 0 Å². The minimum absolute atomic E-state index is 0.138. The number of likely N-dealkylation sites (N-methyl/N-ethyl adjacent to an activating group) is 1. The van der Waals surface area contributed by atoms with Crippen LogP contribution in [0.3, 0.4) is 0 Å². The van der Waals surface area contributed by atoms with Crippen molar-refractivity contribution < 1.29 is 24.2 Å². The van der Waals surface area contributed by atoms with Gasteiger partial charge >= 0.3 is 0 Å². The van der Waals surface area contributed by atoms with Crippen molar-refractivity contribution in [3.05, 3.63) is 29.8 Å². The molecule has 1 N–H and O–H groups in total. The number of carboxylic acid groups (broad SMARTS) is 1. The van der Waals surface area contributed by atoms with Gasteiger partial charge in [0.2, 0.25) is 5.91 Å². The third kappa shape index (κ3) is 7.53. The lowest BCUT2D eigenvalue weighted by Crippen LogP contribution is -2.53. The quantitative estimate of drug-likeness (QED) is 0.773. The molecule has 1 amide bonds. The zero-order chi connectivity index (χ0) is 18.7. The van der Waals surface area contributed by atoms with Crippen molar-refractivity contribution in [2.24, 2.45) is 0 Å². The smallest absolute Gasteiger partial charge is 0.290 e. The van der Waals surface area contributed by atoms with Crippen LogP contribution in [0.2, 0.25) is 0 Å². The zero-order valence-corrected chi connectivity index (χ0v) is 15.2. The summed E-state index contributed by atoms with van der Waals surface area (Å²) >= 11 is 0. The average Bonchev–Trinajstić information content (AvgIpc) is 2.57. The number of carbonyl (C=O) groups excluding carboxylic acids is 1. The lowest BCUT2D eigenvalue weighted by Gasteiger charge is -2.37. The molecule has 0 radical (unpaired) electrons. The Bertz CT molecular complexity index is 519.